The molecule has 0 aliphatic heterocycles. The summed E-state index contributed by atoms with van der Waals surface area (Å²) >= 11 is 0. The topological polar surface area (TPSA) is 45.0 Å². The molecule has 1 N–H and O–H groups in total. The maximum atomic E-state index is 13.5. The van der Waals surface area contributed by atoms with E-state index < -0.39 is 11.4 Å². The van der Waals surface area contributed by atoms with Crippen molar-refractivity contribution in [1.29, 1.82) is 5.26 Å². The van der Waals surface area contributed by atoms with Crippen LogP contribution < -0.4 is 10.1 Å². The van der Waals surface area contributed by atoms with Gasteiger partial charge >= 0.3 is 0 Å². The van der Waals surface area contributed by atoms with Crippen LogP contribution in [0.2, 0.25) is 0 Å². The lowest BCUT2D eigenvalue weighted by atomic mass is 9.95. The third kappa shape index (κ3) is 3.24. The van der Waals surface area contributed by atoms with Gasteiger partial charge in [-0.25, -0.2) is 4.39 Å². The van der Waals surface area contributed by atoms with Crippen LogP contribution in [0.25, 0.3) is 0 Å². The summed E-state index contributed by atoms with van der Waals surface area (Å²) in [4.78, 5) is 0. The fourth-order valence-corrected chi connectivity index (χ4v) is 2.28. The first-order chi connectivity index (χ1) is 9.07. The molecule has 0 spiro atoms. The molecule has 0 heterocycles. The minimum Gasteiger partial charge on any atom is -0.487 e. The van der Waals surface area contributed by atoms with E-state index in [1.54, 1.807) is 18.2 Å². The molecule has 1 saturated carbocycles. The van der Waals surface area contributed by atoms with Crippen LogP contribution in [0.5, 0.6) is 5.75 Å². The van der Waals surface area contributed by atoms with Crippen LogP contribution in [-0.4, -0.2) is 18.2 Å². The zero-order chi connectivity index (χ0) is 13.9. The highest BCUT2D eigenvalue weighted by atomic mass is 19.1. The number of ether oxygens (including phenoxy) is 1. The molecule has 3 nitrogen and oxygen atoms in total. The fraction of sp³-hybridized carbons (Fsp3) is 0.533. The Bertz CT molecular complexity index is 479. The number of nitriles is 1. The molecule has 1 atom stereocenters. The number of benzene rings is 1. The lowest BCUT2D eigenvalue weighted by molar-refractivity contribution is 0.187. The number of nitrogens with zero attached hydrogens (tertiary/aromatic N) is 1. The molecule has 4 heteroatoms. The highest BCUT2D eigenvalue weighted by Crippen LogP contribution is 2.40. The molecule has 1 unspecified atom stereocenters. The van der Waals surface area contributed by atoms with E-state index in [-0.39, 0.29) is 18.4 Å². The summed E-state index contributed by atoms with van der Waals surface area (Å²) in [6.07, 6.45) is 2.04. The van der Waals surface area contributed by atoms with Gasteiger partial charge in [-0.1, -0.05) is 12.1 Å². The Morgan fingerprint density at radius 1 is 1.47 bits per heavy atom. The van der Waals surface area contributed by atoms with Crippen molar-refractivity contribution in [2.75, 3.05) is 6.61 Å². The maximum Gasteiger partial charge on any atom is 0.165 e. The summed E-state index contributed by atoms with van der Waals surface area (Å²) in [5.74, 6) is 0.106. The van der Waals surface area contributed by atoms with Crippen LogP contribution in [0.3, 0.4) is 0 Å². The van der Waals surface area contributed by atoms with Crippen LogP contribution in [0.1, 0.15) is 26.7 Å². The summed E-state index contributed by atoms with van der Waals surface area (Å²) in [5.41, 5.74) is -0.712. The molecule has 2 rings (SSSR count). The Balaban J connectivity index is 2.09. The van der Waals surface area contributed by atoms with Crippen molar-refractivity contribution in [3.63, 3.8) is 0 Å². The molecule has 0 aromatic heterocycles. The second kappa shape index (κ2) is 5.58. The van der Waals surface area contributed by atoms with Gasteiger partial charge in [-0.05, 0) is 44.7 Å². The Morgan fingerprint density at radius 2 is 2.16 bits per heavy atom. The van der Waals surface area contributed by atoms with Crippen molar-refractivity contribution < 1.29 is 9.13 Å². The van der Waals surface area contributed by atoms with Gasteiger partial charge in [0, 0.05) is 6.04 Å². The normalized spacial score (nSPS) is 17.8. The molecule has 1 aromatic rings. The molecule has 1 aromatic carbocycles. The smallest absolute Gasteiger partial charge is 0.165 e. The first kappa shape index (κ1) is 13.8. The van der Waals surface area contributed by atoms with E-state index in [1.807, 2.05) is 13.8 Å². The minimum absolute atomic E-state index is 0.174. The van der Waals surface area contributed by atoms with Gasteiger partial charge in [0.05, 0.1) is 6.07 Å². The van der Waals surface area contributed by atoms with Crippen molar-refractivity contribution in [1.82, 2.24) is 5.32 Å². The van der Waals surface area contributed by atoms with Crippen molar-refractivity contribution in [3.8, 4) is 11.8 Å². The SMILES string of the molecule is CC(C)NC(C#N)(COc1ccccc1F)C1CC1. The standard InChI is InChI=1S/C15H19FN2O/c1-11(2)18-15(9-17,12-7-8-12)10-19-14-6-4-3-5-13(14)16/h3-6,11-12,18H,7-8,10H2,1-2H3. The van der Waals surface area contributed by atoms with Crippen molar-refractivity contribution in [3.05, 3.63) is 30.1 Å². The van der Waals surface area contributed by atoms with Crippen LogP contribution >= 0.6 is 0 Å². The van der Waals surface area contributed by atoms with E-state index in [9.17, 15) is 9.65 Å². The third-order valence-corrected chi connectivity index (χ3v) is 3.31. The van der Waals surface area contributed by atoms with Gasteiger partial charge in [0.15, 0.2) is 11.6 Å². The van der Waals surface area contributed by atoms with Gasteiger partial charge in [0.2, 0.25) is 0 Å². The van der Waals surface area contributed by atoms with Crippen LogP contribution in [0.4, 0.5) is 4.39 Å². The molecule has 0 radical (unpaired) electrons. The average molecular weight is 262 g/mol. The number of halogens is 1. The lowest BCUT2D eigenvalue weighted by Gasteiger charge is -2.30. The molecule has 102 valence electrons. The number of hydrogen-bond donors (Lipinski definition) is 1. The largest absolute Gasteiger partial charge is 0.487 e. The molecule has 19 heavy (non-hydrogen) atoms. The predicted molar refractivity (Wildman–Crippen MR) is 71.2 cm³/mol. The van der Waals surface area contributed by atoms with Crippen molar-refractivity contribution >= 4 is 0 Å². The molecule has 1 aliphatic carbocycles. The van der Waals surface area contributed by atoms with Crippen LogP contribution in [-0.2, 0) is 0 Å². The Labute approximate surface area is 113 Å². The number of hydrogen-bond acceptors (Lipinski definition) is 3. The summed E-state index contributed by atoms with van der Waals surface area (Å²) < 4.78 is 19.1. The molecule has 1 fully saturated rings. The van der Waals surface area contributed by atoms with Gasteiger partial charge in [-0.2, -0.15) is 5.26 Å². The summed E-state index contributed by atoms with van der Waals surface area (Å²) in [6.45, 7) is 4.17. The molecule has 1 aliphatic rings. The molecule has 0 bridgehead atoms. The first-order valence-corrected chi connectivity index (χ1v) is 6.63. The van der Waals surface area contributed by atoms with Crippen molar-refractivity contribution in [2.24, 2.45) is 5.92 Å². The van der Waals surface area contributed by atoms with E-state index >= 15 is 0 Å². The van der Waals surface area contributed by atoms with Gasteiger partial charge in [0.1, 0.15) is 12.1 Å². The van der Waals surface area contributed by atoms with E-state index in [4.69, 9.17) is 4.74 Å². The zero-order valence-electron chi connectivity index (χ0n) is 11.3. The third-order valence-electron chi connectivity index (χ3n) is 3.31. The number of rotatable bonds is 6. The van der Waals surface area contributed by atoms with E-state index in [0.717, 1.165) is 12.8 Å². The second-order valence-corrected chi connectivity index (χ2v) is 5.38. The number of nitrogens with one attached hydrogen (secondary N) is 1. The quantitative estimate of drug-likeness (QED) is 0.857. The first-order valence-electron chi connectivity index (χ1n) is 6.63. The summed E-state index contributed by atoms with van der Waals surface area (Å²) in [7, 11) is 0. The van der Waals surface area contributed by atoms with Gasteiger partial charge in [0.25, 0.3) is 0 Å². The highest BCUT2D eigenvalue weighted by Gasteiger charge is 2.47. The second-order valence-electron chi connectivity index (χ2n) is 5.38. The van der Waals surface area contributed by atoms with Gasteiger partial charge < -0.3 is 4.74 Å². The Hall–Kier alpha value is -1.60. The lowest BCUT2D eigenvalue weighted by Crippen LogP contribution is -2.53. The molecule has 0 amide bonds. The van der Waals surface area contributed by atoms with Crippen LogP contribution in [0.15, 0.2) is 24.3 Å². The monoisotopic (exact) mass is 262 g/mol. The van der Waals surface area contributed by atoms with Gasteiger partial charge in [-0.15, -0.1) is 0 Å². The Morgan fingerprint density at radius 3 is 2.68 bits per heavy atom. The summed E-state index contributed by atoms with van der Waals surface area (Å²) in [6, 6.07) is 8.81. The van der Waals surface area contributed by atoms with Crippen molar-refractivity contribution in [2.45, 2.75) is 38.3 Å². The average Bonchev–Trinajstić information content (AvgIpc) is 3.20. The Kier molecular flexibility index (Phi) is 4.06. The fourth-order valence-electron chi connectivity index (χ4n) is 2.28. The van der Waals surface area contributed by atoms with E-state index in [2.05, 4.69) is 11.4 Å². The van der Waals surface area contributed by atoms with Gasteiger partial charge in [-0.3, -0.25) is 5.32 Å². The van der Waals surface area contributed by atoms with E-state index in [0.29, 0.717) is 5.92 Å². The van der Waals surface area contributed by atoms with Crippen LogP contribution in [0, 0.1) is 23.1 Å². The minimum atomic E-state index is -0.712. The molecular formula is C15H19FN2O. The summed E-state index contributed by atoms with van der Waals surface area (Å²) in [5, 5.41) is 12.8. The van der Waals surface area contributed by atoms with E-state index in [1.165, 1.54) is 6.07 Å². The zero-order valence-corrected chi connectivity index (χ0v) is 11.3. The predicted octanol–water partition coefficient (Wildman–Crippen LogP) is 2.87. The highest BCUT2D eigenvalue weighted by molar-refractivity contribution is 5.25. The molecule has 0 saturated heterocycles. The molecular weight excluding hydrogens is 243 g/mol. The maximum absolute atomic E-state index is 13.5. The number of para-hydroxylation sites is 1.